The van der Waals surface area contributed by atoms with Gasteiger partial charge in [-0.2, -0.15) is 0 Å². The van der Waals surface area contributed by atoms with Crippen molar-refractivity contribution in [3.63, 3.8) is 0 Å². The van der Waals surface area contributed by atoms with Gasteiger partial charge in [0.05, 0.1) is 6.54 Å². The standard InChI is InChI=1S/C13H18ClN3O3/c1-2-6-17(8-12(15)16-19)13(18)9-20-11-5-3-4-10(14)7-11/h3-5,7,19H,2,6,8-9H2,1H3,(H2,15,16). The molecule has 0 aliphatic rings. The van der Waals surface area contributed by atoms with Crippen molar-refractivity contribution in [1.82, 2.24) is 4.90 Å². The molecule has 0 unspecified atom stereocenters. The van der Waals surface area contributed by atoms with Crippen LogP contribution >= 0.6 is 11.6 Å². The van der Waals surface area contributed by atoms with Crippen LogP contribution in [-0.4, -0.2) is 41.5 Å². The zero-order valence-electron chi connectivity index (χ0n) is 11.3. The minimum Gasteiger partial charge on any atom is -0.484 e. The van der Waals surface area contributed by atoms with Gasteiger partial charge in [-0.25, -0.2) is 0 Å². The van der Waals surface area contributed by atoms with Gasteiger partial charge in [0.25, 0.3) is 5.91 Å². The predicted molar refractivity (Wildman–Crippen MR) is 77.2 cm³/mol. The number of amides is 1. The van der Waals surface area contributed by atoms with Crippen LogP contribution in [0.15, 0.2) is 29.4 Å². The highest BCUT2D eigenvalue weighted by Gasteiger charge is 2.15. The molecular weight excluding hydrogens is 282 g/mol. The number of amidine groups is 1. The van der Waals surface area contributed by atoms with Crippen molar-refractivity contribution in [3.05, 3.63) is 29.3 Å². The molecule has 3 N–H and O–H groups in total. The van der Waals surface area contributed by atoms with Crippen LogP contribution in [0.2, 0.25) is 5.02 Å². The summed E-state index contributed by atoms with van der Waals surface area (Å²) in [6.07, 6.45) is 0.765. The van der Waals surface area contributed by atoms with Gasteiger partial charge in [-0.15, -0.1) is 0 Å². The fourth-order valence-electron chi connectivity index (χ4n) is 1.58. The summed E-state index contributed by atoms with van der Waals surface area (Å²) in [6.45, 7) is 2.39. The van der Waals surface area contributed by atoms with E-state index < -0.39 is 0 Å². The molecule has 0 atom stereocenters. The Hall–Kier alpha value is -1.95. The average Bonchev–Trinajstić information content (AvgIpc) is 2.44. The maximum Gasteiger partial charge on any atom is 0.260 e. The molecule has 0 aliphatic heterocycles. The zero-order valence-corrected chi connectivity index (χ0v) is 12.0. The van der Waals surface area contributed by atoms with Crippen molar-refractivity contribution in [2.75, 3.05) is 19.7 Å². The van der Waals surface area contributed by atoms with Crippen LogP contribution in [0.4, 0.5) is 0 Å². The van der Waals surface area contributed by atoms with Crippen LogP contribution < -0.4 is 10.5 Å². The Kier molecular flexibility index (Phi) is 6.66. The van der Waals surface area contributed by atoms with E-state index in [4.69, 9.17) is 27.3 Å². The largest absolute Gasteiger partial charge is 0.484 e. The average molecular weight is 300 g/mol. The fourth-order valence-corrected chi connectivity index (χ4v) is 1.76. The van der Waals surface area contributed by atoms with E-state index in [1.807, 2.05) is 6.92 Å². The van der Waals surface area contributed by atoms with E-state index in [9.17, 15) is 4.79 Å². The molecule has 0 saturated heterocycles. The molecule has 0 fully saturated rings. The Morgan fingerprint density at radius 3 is 2.90 bits per heavy atom. The summed E-state index contributed by atoms with van der Waals surface area (Å²) < 4.78 is 5.37. The van der Waals surface area contributed by atoms with Crippen LogP contribution in [0.25, 0.3) is 0 Å². The minimum absolute atomic E-state index is 0.0189. The molecule has 0 bridgehead atoms. The summed E-state index contributed by atoms with van der Waals surface area (Å²) in [6, 6.07) is 6.80. The Morgan fingerprint density at radius 2 is 2.30 bits per heavy atom. The van der Waals surface area contributed by atoms with Crippen LogP contribution in [0, 0.1) is 0 Å². The summed E-state index contributed by atoms with van der Waals surface area (Å²) in [5.41, 5.74) is 5.42. The summed E-state index contributed by atoms with van der Waals surface area (Å²) >= 11 is 5.82. The quantitative estimate of drug-likeness (QED) is 0.347. The minimum atomic E-state index is -0.238. The number of carbonyl (C=O) groups is 1. The molecule has 1 amide bonds. The second-order valence-electron chi connectivity index (χ2n) is 4.15. The lowest BCUT2D eigenvalue weighted by atomic mass is 10.3. The first-order valence-electron chi connectivity index (χ1n) is 6.19. The molecule has 110 valence electrons. The van der Waals surface area contributed by atoms with Gasteiger partial charge in [-0.05, 0) is 24.6 Å². The number of ether oxygens (including phenoxy) is 1. The van der Waals surface area contributed by atoms with E-state index >= 15 is 0 Å². The van der Waals surface area contributed by atoms with Crippen molar-refractivity contribution in [2.45, 2.75) is 13.3 Å². The third kappa shape index (κ3) is 5.36. The summed E-state index contributed by atoms with van der Waals surface area (Å²) in [4.78, 5) is 13.5. The Balaban J connectivity index is 2.57. The number of hydrogen-bond acceptors (Lipinski definition) is 4. The lowest BCUT2D eigenvalue weighted by Gasteiger charge is -2.21. The molecule has 1 rings (SSSR count). The SMILES string of the molecule is CCCN(CC(N)=NO)C(=O)COc1cccc(Cl)c1. The van der Waals surface area contributed by atoms with Gasteiger partial charge in [0.1, 0.15) is 5.75 Å². The normalized spacial score (nSPS) is 11.2. The number of halogens is 1. The number of oxime groups is 1. The summed E-state index contributed by atoms with van der Waals surface area (Å²) in [5, 5.41) is 12.0. The van der Waals surface area contributed by atoms with E-state index in [1.165, 1.54) is 4.90 Å². The van der Waals surface area contributed by atoms with Crippen molar-refractivity contribution in [3.8, 4) is 5.75 Å². The monoisotopic (exact) mass is 299 g/mol. The lowest BCUT2D eigenvalue weighted by Crippen LogP contribution is -2.41. The van der Waals surface area contributed by atoms with E-state index in [0.717, 1.165) is 6.42 Å². The number of benzene rings is 1. The third-order valence-electron chi connectivity index (χ3n) is 2.49. The maximum atomic E-state index is 12.0. The van der Waals surface area contributed by atoms with Gasteiger partial charge < -0.3 is 20.6 Å². The first kappa shape index (κ1) is 16.1. The number of rotatable bonds is 7. The fraction of sp³-hybridized carbons (Fsp3) is 0.385. The molecule has 0 radical (unpaired) electrons. The molecule has 0 aromatic heterocycles. The smallest absolute Gasteiger partial charge is 0.260 e. The van der Waals surface area contributed by atoms with Crippen molar-refractivity contribution < 1.29 is 14.7 Å². The topological polar surface area (TPSA) is 88.1 Å². The molecule has 1 aromatic carbocycles. The second kappa shape index (κ2) is 8.27. The number of hydrogen-bond donors (Lipinski definition) is 2. The van der Waals surface area contributed by atoms with Crippen molar-refractivity contribution in [2.24, 2.45) is 10.9 Å². The van der Waals surface area contributed by atoms with E-state index in [2.05, 4.69) is 5.16 Å². The molecule has 20 heavy (non-hydrogen) atoms. The molecule has 0 heterocycles. The van der Waals surface area contributed by atoms with Gasteiger partial charge in [-0.1, -0.05) is 29.7 Å². The molecule has 6 nitrogen and oxygen atoms in total. The number of carbonyl (C=O) groups excluding carboxylic acids is 1. The molecular formula is C13H18ClN3O3. The highest BCUT2D eigenvalue weighted by Crippen LogP contribution is 2.17. The first-order chi connectivity index (χ1) is 9.56. The van der Waals surface area contributed by atoms with E-state index in [1.54, 1.807) is 24.3 Å². The Labute approximate surface area is 122 Å². The predicted octanol–water partition coefficient (Wildman–Crippen LogP) is 1.70. The van der Waals surface area contributed by atoms with Gasteiger partial charge in [0.2, 0.25) is 0 Å². The highest BCUT2D eigenvalue weighted by molar-refractivity contribution is 6.30. The molecule has 0 spiro atoms. The molecule has 0 saturated carbocycles. The maximum absolute atomic E-state index is 12.0. The highest BCUT2D eigenvalue weighted by atomic mass is 35.5. The molecule has 0 aliphatic carbocycles. The summed E-state index contributed by atoms with van der Waals surface area (Å²) in [7, 11) is 0. The Bertz CT molecular complexity index is 480. The second-order valence-corrected chi connectivity index (χ2v) is 4.59. The molecule has 7 heteroatoms. The van der Waals surface area contributed by atoms with E-state index in [0.29, 0.717) is 17.3 Å². The van der Waals surface area contributed by atoms with Crippen LogP contribution in [0.3, 0.4) is 0 Å². The zero-order chi connectivity index (χ0) is 15.0. The number of nitrogens with two attached hydrogens (primary N) is 1. The third-order valence-corrected chi connectivity index (χ3v) is 2.72. The van der Waals surface area contributed by atoms with Gasteiger partial charge in [0, 0.05) is 11.6 Å². The van der Waals surface area contributed by atoms with E-state index in [-0.39, 0.29) is 24.9 Å². The van der Waals surface area contributed by atoms with Crippen LogP contribution in [-0.2, 0) is 4.79 Å². The van der Waals surface area contributed by atoms with Gasteiger partial charge >= 0.3 is 0 Å². The lowest BCUT2D eigenvalue weighted by molar-refractivity contribution is -0.132. The summed E-state index contributed by atoms with van der Waals surface area (Å²) in [5.74, 6) is 0.263. The number of nitrogens with zero attached hydrogens (tertiary/aromatic N) is 2. The van der Waals surface area contributed by atoms with Gasteiger partial charge in [0.15, 0.2) is 12.4 Å². The Morgan fingerprint density at radius 1 is 1.55 bits per heavy atom. The molecule has 1 aromatic rings. The first-order valence-corrected chi connectivity index (χ1v) is 6.57. The van der Waals surface area contributed by atoms with Crippen LogP contribution in [0.1, 0.15) is 13.3 Å². The van der Waals surface area contributed by atoms with Crippen molar-refractivity contribution >= 4 is 23.3 Å². The van der Waals surface area contributed by atoms with Crippen LogP contribution in [0.5, 0.6) is 5.75 Å². The van der Waals surface area contributed by atoms with Gasteiger partial charge in [-0.3, -0.25) is 4.79 Å². The van der Waals surface area contributed by atoms with Crippen molar-refractivity contribution in [1.29, 1.82) is 0 Å².